The fourth-order valence-electron chi connectivity index (χ4n) is 2.33. The van der Waals surface area contributed by atoms with Gasteiger partial charge < -0.3 is 10.1 Å². The summed E-state index contributed by atoms with van der Waals surface area (Å²) in [7, 11) is 1.60. The Bertz CT molecular complexity index is 780. The molecule has 1 aliphatic heterocycles. The normalized spacial score (nSPS) is 15.9. The number of nitrogens with one attached hydrogen (secondary N) is 1. The van der Waals surface area contributed by atoms with Crippen LogP contribution >= 0.6 is 12.2 Å². The van der Waals surface area contributed by atoms with Crippen molar-refractivity contribution in [1.82, 2.24) is 5.32 Å². The van der Waals surface area contributed by atoms with Crippen LogP contribution in [0.1, 0.15) is 11.1 Å². The van der Waals surface area contributed by atoms with Crippen molar-refractivity contribution in [3.8, 4) is 5.75 Å². The minimum Gasteiger partial charge on any atom is -0.497 e. The van der Waals surface area contributed by atoms with Crippen LogP contribution in [0.15, 0.2) is 54.2 Å². The van der Waals surface area contributed by atoms with Gasteiger partial charge in [0.15, 0.2) is 5.11 Å². The van der Waals surface area contributed by atoms with Crippen molar-refractivity contribution in [2.24, 2.45) is 0 Å². The smallest absolute Gasteiger partial charge is 0.281 e. The first-order valence-corrected chi connectivity index (χ1v) is 7.57. The monoisotopic (exact) mass is 324 g/mol. The Morgan fingerprint density at radius 2 is 1.74 bits per heavy atom. The third-order valence-electron chi connectivity index (χ3n) is 3.60. The molecule has 1 fully saturated rings. The van der Waals surface area contributed by atoms with Crippen molar-refractivity contribution in [3.63, 3.8) is 0 Å². The summed E-state index contributed by atoms with van der Waals surface area (Å²) in [5.74, 6) is 0.565. The number of methoxy groups -OCH3 is 1. The van der Waals surface area contributed by atoms with Crippen LogP contribution in [0.3, 0.4) is 0 Å². The van der Waals surface area contributed by atoms with Crippen LogP contribution in [0.25, 0.3) is 6.08 Å². The summed E-state index contributed by atoms with van der Waals surface area (Å²) in [6.07, 6.45) is 1.80. The van der Waals surface area contributed by atoms with E-state index in [1.165, 1.54) is 10.5 Å². The van der Waals surface area contributed by atoms with Gasteiger partial charge in [0.05, 0.1) is 12.8 Å². The zero-order valence-corrected chi connectivity index (χ0v) is 13.7. The van der Waals surface area contributed by atoms with E-state index < -0.39 is 0 Å². The molecule has 0 unspecified atom stereocenters. The standard InChI is InChI=1S/C18H16N2O2S/c1-12-3-5-13(6-4-12)11-16-17(21)20(18(23)19-16)14-7-9-15(22-2)10-8-14/h3-11H,1-2H3,(H,19,23)/b16-11-. The summed E-state index contributed by atoms with van der Waals surface area (Å²) in [4.78, 5) is 14.1. The Balaban J connectivity index is 1.88. The van der Waals surface area contributed by atoms with E-state index in [4.69, 9.17) is 17.0 Å². The predicted octanol–water partition coefficient (Wildman–Crippen LogP) is 3.27. The van der Waals surface area contributed by atoms with Gasteiger partial charge >= 0.3 is 0 Å². The van der Waals surface area contributed by atoms with Crippen LogP contribution in [-0.4, -0.2) is 18.1 Å². The number of anilines is 1. The number of hydrogen-bond acceptors (Lipinski definition) is 3. The topological polar surface area (TPSA) is 41.6 Å². The number of hydrogen-bond donors (Lipinski definition) is 1. The van der Waals surface area contributed by atoms with Crippen LogP contribution in [0, 0.1) is 6.92 Å². The molecule has 0 radical (unpaired) electrons. The highest BCUT2D eigenvalue weighted by Crippen LogP contribution is 2.24. The highest BCUT2D eigenvalue weighted by atomic mass is 32.1. The summed E-state index contributed by atoms with van der Waals surface area (Å²) >= 11 is 5.30. The first-order chi connectivity index (χ1) is 11.1. The predicted molar refractivity (Wildman–Crippen MR) is 95.4 cm³/mol. The summed E-state index contributed by atoms with van der Waals surface area (Å²) in [5.41, 5.74) is 3.30. The van der Waals surface area contributed by atoms with E-state index >= 15 is 0 Å². The second kappa shape index (κ2) is 6.22. The summed E-state index contributed by atoms with van der Waals surface area (Å²) in [6.45, 7) is 2.02. The van der Waals surface area contributed by atoms with Crippen molar-refractivity contribution < 1.29 is 9.53 Å². The molecule has 5 heteroatoms. The first kappa shape index (κ1) is 15.2. The molecule has 3 rings (SSSR count). The Morgan fingerprint density at radius 3 is 2.35 bits per heavy atom. The van der Waals surface area contributed by atoms with Crippen molar-refractivity contribution in [1.29, 1.82) is 0 Å². The number of carbonyl (C=O) groups excluding carboxylic acids is 1. The van der Waals surface area contributed by atoms with Gasteiger partial charge in [0.2, 0.25) is 0 Å². The number of thiocarbonyl (C=S) groups is 1. The zero-order valence-electron chi connectivity index (χ0n) is 12.9. The van der Waals surface area contributed by atoms with Gasteiger partial charge in [0, 0.05) is 0 Å². The molecule has 1 aliphatic rings. The van der Waals surface area contributed by atoms with Gasteiger partial charge in [-0.25, -0.2) is 0 Å². The molecular weight excluding hydrogens is 308 g/mol. The van der Waals surface area contributed by atoms with Crippen LogP contribution in [0.4, 0.5) is 5.69 Å². The quantitative estimate of drug-likeness (QED) is 0.695. The maximum absolute atomic E-state index is 12.6. The molecular formula is C18H16N2O2S. The third-order valence-corrected chi connectivity index (χ3v) is 3.88. The summed E-state index contributed by atoms with van der Waals surface area (Å²) in [5, 5.41) is 3.36. The van der Waals surface area contributed by atoms with E-state index in [2.05, 4.69) is 5.32 Å². The fraction of sp³-hybridized carbons (Fsp3) is 0.111. The third kappa shape index (κ3) is 3.10. The average molecular weight is 324 g/mol. The number of benzene rings is 2. The molecule has 0 spiro atoms. The van der Waals surface area contributed by atoms with Crippen molar-refractivity contribution in [2.45, 2.75) is 6.92 Å². The molecule has 0 aromatic heterocycles. The second-order valence-electron chi connectivity index (χ2n) is 5.24. The molecule has 0 aliphatic carbocycles. The van der Waals surface area contributed by atoms with Gasteiger partial charge in [-0.1, -0.05) is 29.8 Å². The van der Waals surface area contributed by atoms with Crippen molar-refractivity contribution in [3.05, 3.63) is 65.4 Å². The fourth-order valence-corrected chi connectivity index (χ4v) is 2.63. The van der Waals surface area contributed by atoms with Gasteiger partial charge in [-0.05, 0) is 55.0 Å². The largest absolute Gasteiger partial charge is 0.497 e. The van der Waals surface area contributed by atoms with E-state index in [9.17, 15) is 4.79 Å². The maximum Gasteiger partial charge on any atom is 0.281 e. The molecule has 0 bridgehead atoms. The van der Waals surface area contributed by atoms with E-state index in [1.807, 2.05) is 31.2 Å². The van der Waals surface area contributed by atoms with Gasteiger partial charge in [-0.2, -0.15) is 0 Å². The molecule has 1 saturated heterocycles. The molecule has 4 nitrogen and oxygen atoms in total. The number of rotatable bonds is 3. The Kier molecular flexibility index (Phi) is 4.12. The minimum absolute atomic E-state index is 0.166. The number of aryl methyl sites for hydroxylation is 1. The molecule has 2 aromatic carbocycles. The minimum atomic E-state index is -0.166. The number of carbonyl (C=O) groups is 1. The van der Waals surface area contributed by atoms with Gasteiger partial charge in [-0.15, -0.1) is 0 Å². The van der Waals surface area contributed by atoms with Gasteiger partial charge in [-0.3, -0.25) is 9.69 Å². The van der Waals surface area contributed by atoms with Crippen molar-refractivity contribution >= 4 is 35.0 Å². The Hall–Kier alpha value is -2.66. The molecule has 1 N–H and O–H groups in total. The van der Waals surface area contributed by atoms with Crippen LogP contribution in [0.2, 0.25) is 0 Å². The number of nitrogens with zero attached hydrogens (tertiary/aromatic N) is 1. The van der Waals surface area contributed by atoms with Gasteiger partial charge in [0.1, 0.15) is 11.4 Å². The lowest BCUT2D eigenvalue weighted by molar-refractivity contribution is -0.113. The molecule has 2 aromatic rings. The highest BCUT2D eigenvalue weighted by molar-refractivity contribution is 7.80. The Morgan fingerprint density at radius 1 is 1.09 bits per heavy atom. The lowest BCUT2D eigenvalue weighted by Gasteiger charge is -2.14. The van der Waals surface area contributed by atoms with Crippen LogP contribution in [0.5, 0.6) is 5.75 Å². The van der Waals surface area contributed by atoms with Crippen LogP contribution in [-0.2, 0) is 4.79 Å². The lowest BCUT2D eigenvalue weighted by Crippen LogP contribution is -2.30. The number of ether oxygens (including phenoxy) is 1. The van der Waals surface area contributed by atoms with Crippen LogP contribution < -0.4 is 15.0 Å². The van der Waals surface area contributed by atoms with E-state index in [-0.39, 0.29) is 5.91 Å². The number of amides is 1. The first-order valence-electron chi connectivity index (χ1n) is 7.16. The molecule has 1 heterocycles. The van der Waals surface area contributed by atoms with E-state index in [0.717, 1.165) is 11.3 Å². The van der Waals surface area contributed by atoms with Gasteiger partial charge in [0.25, 0.3) is 5.91 Å². The average Bonchev–Trinajstić information content (AvgIpc) is 2.84. The van der Waals surface area contributed by atoms with E-state index in [0.29, 0.717) is 16.5 Å². The zero-order chi connectivity index (χ0) is 16.4. The van der Waals surface area contributed by atoms with E-state index in [1.54, 1.807) is 37.5 Å². The SMILES string of the molecule is COc1ccc(N2C(=O)/C(=C/c3ccc(C)cc3)NC2=S)cc1. The Labute approximate surface area is 140 Å². The van der Waals surface area contributed by atoms with Crippen molar-refractivity contribution in [2.75, 3.05) is 12.0 Å². The summed E-state index contributed by atoms with van der Waals surface area (Å²) < 4.78 is 5.13. The lowest BCUT2D eigenvalue weighted by atomic mass is 10.1. The summed E-state index contributed by atoms with van der Waals surface area (Å²) in [6, 6.07) is 15.2. The second-order valence-corrected chi connectivity index (χ2v) is 5.62. The molecule has 23 heavy (non-hydrogen) atoms. The highest BCUT2D eigenvalue weighted by Gasteiger charge is 2.31. The maximum atomic E-state index is 12.6. The molecule has 116 valence electrons. The molecule has 1 amide bonds. The molecule has 0 saturated carbocycles. The molecule has 0 atom stereocenters.